The normalized spacial score (nSPS) is 22.4. The quantitative estimate of drug-likeness (QED) is 0.669. The first kappa shape index (κ1) is 18.2. The number of halogens is 3. The summed E-state index contributed by atoms with van der Waals surface area (Å²) in [6, 6.07) is 0. The Hall–Kier alpha value is 1.19. The van der Waals surface area contributed by atoms with Crippen molar-refractivity contribution in [2.24, 2.45) is 11.3 Å². The molecule has 1 fully saturated rings. The number of likely N-dealkylation sites (tertiary alicyclic amines) is 1. The second kappa shape index (κ2) is 6.57. The maximum atomic E-state index is 12.4. The molecule has 1 saturated heterocycles. The summed E-state index contributed by atoms with van der Waals surface area (Å²) in [5.41, 5.74) is -0.394. The third kappa shape index (κ3) is 5.78. The summed E-state index contributed by atoms with van der Waals surface area (Å²) in [6.07, 6.45) is 0.988. The van der Waals surface area contributed by atoms with Gasteiger partial charge in [0.15, 0.2) is 0 Å². The molecule has 0 spiro atoms. The molecule has 0 bridgehead atoms. The first-order valence-corrected chi connectivity index (χ1v) is 5.70. The standard InChI is InChI=1S/C11H20BF3N.K/c1-9(12(13,14)15)7-16-6-5-10(8-16)11(2,3)4;/h10H,1,5-8H2,2-4H3;/q-1;+1. The van der Waals surface area contributed by atoms with Crippen molar-refractivity contribution in [2.45, 2.75) is 27.2 Å². The van der Waals surface area contributed by atoms with Crippen molar-refractivity contribution in [3.05, 3.63) is 12.1 Å². The first-order chi connectivity index (χ1) is 7.10. The van der Waals surface area contributed by atoms with Crippen LogP contribution in [0.3, 0.4) is 0 Å². The van der Waals surface area contributed by atoms with E-state index < -0.39 is 12.4 Å². The minimum atomic E-state index is -4.87. The van der Waals surface area contributed by atoms with E-state index in [-0.39, 0.29) is 63.3 Å². The molecule has 1 aliphatic rings. The zero-order valence-corrected chi connectivity index (χ0v) is 14.4. The van der Waals surface area contributed by atoms with Gasteiger partial charge in [-0.15, -0.1) is 12.1 Å². The van der Waals surface area contributed by atoms with Crippen LogP contribution in [0.2, 0.25) is 0 Å². The maximum Gasteiger partial charge on any atom is 1.00 e. The Morgan fingerprint density at radius 2 is 1.88 bits per heavy atom. The fourth-order valence-corrected chi connectivity index (χ4v) is 2.07. The van der Waals surface area contributed by atoms with Gasteiger partial charge in [-0.2, -0.15) is 0 Å². The fourth-order valence-electron chi connectivity index (χ4n) is 2.07. The van der Waals surface area contributed by atoms with Crippen LogP contribution in [0.1, 0.15) is 27.2 Å². The van der Waals surface area contributed by atoms with Gasteiger partial charge in [0.2, 0.25) is 0 Å². The number of hydrogen-bond donors (Lipinski definition) is 0. The molecule has 0 aromatic heterocycles. The number of hydrogen-bond acceptors (Lipinski definition) is 1. The van der Waals surface area contributed by atoms with E-state index in [1.807, 2.05) is 4.90 Å². The SMILES string of the molecule is C=C(CN1CCC(C(C)(C)C)C1)[B-](F)(F)F.[K+]. The van der Waals surface area contributed by atoms with Crippen molar-refractivity contribution in [3.63, 3.8) is 0 Å². The second-order valence-electron chi connectivity index (χ2n) is 5.82. The maximum absolute atomic E-state index is 12.4. The van der Waals surface area contributed by atoms with Crippen LogP contribution >= 0.6 is 0 Å². The molecule has 17 heavy (non-hydrogen) atoms. The summed E-state index contributed by atoms with van der Waals surface area (Å²) in [5.74, 6) is 0.487. The van der Waals surface area contributed by atoms with E-state index in [2.05, 4.69) is 27.4 Å². The van der Waals surface area contributed by atoms with Crippen LogP contribution in [0, 0.1) is 11.3 Å². The zero-order valence-electron chi connectivity index (χ0n) is 11.3. The van der Waals surface area contributed by atoms with Crippen LogP contribution in [0.25, 0.3) is 0 Å². The molecule has 1 atom stereocenters. The summed E-state index contributed by atoms with van der Waals surface area (Å²) in [6.45, 7) is 6.19. The third-order valence-electron chi connectivity index (χ3n) is 3.39. The van der Waals surface area contributed by atoms with E-state index in [1.165, 1.54) is 0 Å². The van der Waals surface area contributed by atoms with E-state index in [1.54, 1.807) is 0 Å². The van der Waals surface area contributed by atoms with Gasteiger partial charge in [-0.05, 0) is 30.8 Å². The molecular formula is C11H20BF3KN. The van der Waals surface area contributed by atoms with Crippen LogP contribution in [-0.4, -0.2) is 31.5 Å². The molecule has 1 heterocycles. The van der Waals surface area contributed by atoms with Crippen molar-refractivity contribution < 1.29 is 64.3 Å². The molecule has 0 amide bonds. The van der Waals surface area contributed by atoms with Gasteiger partial charge in [0.05, 0.1) is 0 Å². The van der Waals surface area contributed by atoms with Crippen LogP contribution in [-0.2, 0) is 0 Å². The number of nitrogens with zero attached hydrogens (tertiary/aromatic N) is 1. The smallest absolute Gasteiger partial charge is 0.445 e. The van der Waals surface area contributed by atoms with E-state index in [9.17, 15) is 12.9 Å². The molecule has 0 aromatic rings. The summed E-state index contributed by atoms with van der Waals surface area (Å²) in [4.78, 5) is 1.87. The molecule has 0 radical (unpaired) electrons. The summed E-state index contributed by atoms with van der Waals surface area (Å²) in [7, 11) is 0. The van der Waals surface area contributed by atoms with Crippen molar-refractivity contribution >= 4 is 6.98 Å². The van der Waals surface area contributed by atoms with E-state index in [0.29, 0.717) is 5.92 Å². The largest absolute Gasteiger partial charge is 1.00 e. The Kier molecular flexibility index (Phi) is 7.03. The number of rotatable bonds is 3. The molecular weight excluding hydrogens is 253 g/mol. The molecule has 1 unspecified atom stereocenters. The Morgan fingerprint density at radius 1 is 1.35 bits per heavy atom. The second-order valence-corrected chi connectivity index (χ2v) is 5.82. The molecule has 6 heteroatoms. The predicted octanol–water partition coefficient (Wildman–Crippen LogP) is 0.301. The molecule has 0 saturated carbocycles. The average Bonchev–Trinajstić information content (AvgIpc) is 2.49. The van der Waals surface area contributed by atoms with Crippen molar-refractivity contribution in [1.82, 2.24) is 4.90 Å². The summed E-state index contributed by atoms with van der Waals surface area (Å²) < 4.78 is 37.1. The van der Waals surface area contributed by atoms with Crippen molar-refractivity contribution in [2.75, 3.05) is 19.6 Å². The van der Waals surface area contributed by atoms with Crippen LogP contribution < -0.4 is 51.4 Å². The molecule has 0 aliphatic carbocycles. The minimum Gasteiger partial charge on any atom is -0.445 e. The summed E-state index contributed by atoms with van der Waals surface area (Å²) in [5, 5.41) is 0. The van der Waals surface area contributed by atoms with Gasteiger partial charge in [0.1, 0.15) is 0 Å². The molecule has 0 aromatic carbocycles. The third-order valence-corrected chi connectivity index (χ3v) is 3.39. The van der Waals surface area contributed by atoms with Gasteiger partial charge in [0, 0.05) is 6.54 Å². The molecule has 0 N–H and O–H groups in total. The molecule has 1 nitrogen and oxygen atoms in total. The Labute approximate surface area is 145 Å². The minimum absolute atomic E-state index is 0. The Morgan fingerprint density at radius 3 is 2.24 bits per heavy atom. The predicted molar refractivity (Wildman–Crippen MR) is 62.2 cm³/mol. The van der Waals surface area contributed by atoms with Gasteiger partial charge >= 0.3 is 58.4 Å². The zero-order chi connectivity index (χ0) is 12.6. The van der Waals surface area contributed by atoms with Crippen molar-refractivity contribution in [3.8, 4) is 0 Å². The first-order valence-electron chi connectivity index (χ1n) is 5.70. The van der Waals surface area contributed by atoms with Gasteiger partial charge in [-0.3, -0.25) is 0 Å². The van der Waals surface area contributed by atoms with E-state index in [0.717, 1.165) is 19.5 Å². The summed E-state index contributed by atoms with van der Waals surface area (Å²) >= 11 is 0. The van der Waals surface area contributed by atoms with Crippen LogP contribution in [0.4, 0.5) is 12.9 Å². The van der Waals surface area contributed by atoms with Gasteiger partial charge in [-0.25, -0.2) is 0 Å². The van der Waals surface area contributed by atoms with Gasteiger partial charge < -0.3 is 17.8 Å². The monoisotopic (exact) mass is 273 g/mol. The topological polar surface area (TPSA) is 3.24 Å². The molecule has 94 valence electrons. The van der Waals surface area contributed by atoms with Crippen LogP contribution in [0.15, 0.2) is 12.1 Å². The van der Waals surface area contributed by atoms with E-state index in [4.69, 9.17) is 0 Å². The van der Waals surface area contributed by atoms with Crippen LogP contribution in [0.5, 0.6) is 0 Å². The molecule has 1 aliphatic heterocycles. The fraction of sp³-hybridized carbons (Fsp3) is 0.818. The van der Waals surface area contributed by atoms with Crippen molar-refractivity contribution in [1.29, 1.82) is 0 Å². The average molecular weight is 273 g/mol. The van der Waals surface area contributed by atoms with E-state index >= 15 is 0 Å². The Balaban J connectivity index is 0.00000256. The van der Waals surface area contributed by atoms with Gasteiger partial charge in [-0.1, -0.05) is 20.8 Å². The Bertz CT molecular complexity index is 273. The molecule has 1 rings (SSSR count). The van der Waals surface area contributed by atoms with Gasteiger partial charge in [0.25, 0.3) is 0 Å².